The summed E-state index contributed by atoms with van der Waals surface area (Å²) in [4.78, 5) is 26.1. The summed E-state index contributed by atoms with van der Waals surface area (Å²) in [6.45, 7) is 0.394. The second kappa shape index (κ2) is 12.4. The number of aliphatic imine (C=N–C) groups is 1. The maximum atomic E-state index is 11.3. The highest BCUT2D eigenvalue weighted by atomic mass is 35.5. The number of thioether (sulfide) groups is 1. The van der Waals surface area contributed by atoms with Gasteiger partial charge in [-0.2, -0.15) is 4.99 Å². The number of carbonyl (C=O) groups is 2. The summed E-state index contributed by atoms with van der Waals surface area (Å²) in [5.74, 6) is 0.807. The zero-order valence-electron chi connectivity index (χ0n) is 10.5. The third-order valence-corrected chi connectivity index (χ3v) is 2.72. The number of rotatable bonds is 6. The Bertz CT molecular complexity index is 316. The van der Waals surface area contributed by atoms with Crippen LogP contribution >= 0.6 is 35.0 Å². The molecule has 0 aliphatic rings. The molecule has 0 saturated carbocycles. The van der Waals surface area contributed by atoms with Gasteiger partial charge in [0.1, 0.15) is 0 Å². The molecule has 0 fully saturated rings. The number of carbonyl (C=O) groups excluding carboxylic acids is 2. The van der Waals surface area contributed by atoms with Gasteiger partial charge >= 0.3 is 12.2 Å². The second-order valence-corrected chi connectivity index (χ2v) is 4.63. The van der Waals surface area contributed by atoms with Crippen molar-refractivity contribution in [3.63, 3.8) is 0 Å². The van der Waals surface area contributed by atoms with Crippen LogP contribution in [0.25, 0.3) is 0 Å². The fourth-order valence-electron chi connectivity index (χ4n) is 0.797. The molecule has 0 aromatic rings. The van der Waals surface area contributed by atoms with Gasteiger partial charge in [-0.25, -0.2) is 9.59 Å². The molecule has 9 heteroatoms. The Balaban J connectivity index is 4.09. The molecule has 0 spiro atoms. The molecule has 0 aromatic heterocycles. The van der Waals surface area contributed by atoms with E-state index in [2.05, 4.69) is 10.3 Å². The van der Waals surface area contributed by atoms with Crippen molar-refractivity contribution in [2.24, 2.45) is 4.99 Å². The van der Waals surface area contributed by atoms with Crippen molar-refractivity contribution in [2.75, 3.05) is 31.2 Å². The summed E-state index contributed by atoms with van der Waals surface area (Å²) >= 11 is 12.0. The van der Waals surface area contributed by atoms with E-state index in [9.17, 15) is 9.59 Å². The van der Waals surface area contributed by atoms with Crippen LogP contribution in [-0.2, 0) is 9.47 Å². The molecule has 0 rings (SSSR count). The number of hydrogen-bond donors (Lipinski definition) is 1. The quantitative estimate of drug-likeness (QED) is 0.350. The van der Waals surface area contributed by atoms with Crippen LogP contribution in [0.3, 0.4) is 0 Å². The first-order valence-corrected chi connectivity index (χ1v) is 7.78. The van der Waals surface area contributed by atoms with Gasteiger partial charge in [-0.05, 0) is 19.1 Å². The predicted molar refractivity (Wildman–Crippen MR) is 77.5 cm³/mol. The highest BCUT2D eigenvalue weighted by molar-refractivity contribution is 8.13. The molecule has 0 aromatic carbocycles. The number of amidine groups is 1. The van der Waals surface area contributed by atoms with Crippen LogP contribution in [0.1, 0.15) is 12.8 Å². The lowest BCUT2D eigenvalue weighted by atomic mass is 10.5. The molecule has 6 nitrogen and oxygen atoms in total. The van der Waals surface area contributed by atoms with Gasteiger partial charge in [-0.1, -0.05) is 11.8 Å². The number of nitrogens with zero attached hydrogens (tertiary/aromatic N) is 1. The molecule has 0 heterocycles. The summed E-state index contributed by atoms with van der Waals surface area (Å²) in [6.07, 6.45) is 1.29. The van der Waals surface area contributed by atoms with E-state index >= 15 is 0 Å². The van der Waals surface area contributed by atoms with Gasteiger partial charge in [-0.15, -0.1) is 23.2 Å². The van der Waals surface area contributed by atoms with Crippen molar-refractivity contribution < 1.29 is 19.1 Å². The fraction of sp³-hybridized carbons (Fsp3) is 0.700. The smallest absolute Gasteiger partial charge is 0.436 e. The van der Waals surface area contributed by atoms with Gasteiger partial charge in [0.05, 0.1) is 13.2 Å². The number of nitrogens with one attached hydrogen (secondary N) is 1. The molecule has 0 radical (unpaired) electrons. The summed E-state index contributed by atoms with van der Waals surface area (Å²) < 4.78 is 9.56. The van der Waals surface area contributed by atoms with E-state index in [4.69, 9.17) is 32.7 Å². The average molecular weight is 331 g/mol. The number of ether oxygens (including phenoxy) is 2. The highest BCUT2D eigenvalue weighted by Gasteiger charge is 2.09. The lowest BCUT2D eigenvalue weighted by Gasteiger charge is -2.06. The van der Waals surface area contributed by atoms with E-state index < -0.39 is 12.2 Å². The van der Waals surface area contributed by atoms with E-state index in [1.165, 1.54) is 0 Å². The SMILES string of the molecule is CSC(=NC(=O)OCCCCl)NC(=O)OCCCCl. The number of alkyl carbamates (subject to hydrolysis) is 1. The molecule has 0 atom stereocenters. The van der Waals surface area contributed by atoms with E-state index in [1.807, 2.05) is 0 Å². The zero-order chi connectivity index (χ0) is 14.5. The first-order chi connectivity index (χ1) is 9.13. The minimum Gasteiger partial charge on any atom is -0.449 e. The van der Waals surface area contributed by atoms with Crippen molar-refractivity contribution in [3.05, 3.63) is 0 Å². The molecule has 0 bridgehead atoms. The van der Waals surface area contributed by atoms with Gasteiger partial charge in [0.15, 0.2) is 5.17 Å². The third kappa shape index (κ3) is 10.9. The first-order valence-electron chi connectivity index (χ1n) is 5.49. The monoisotopic (exact) mass is 330 g/mol. The minimum absolute atomic E-state index is 0.103. The summed E-state index contributed by atoms with van der Waals surface area (Å²) in [6, 6.07) is 0. The molecule has 0 saturated heterocycles. The largest absolute Gasteiger partial charge is 0.449 e. The summed E-state index contributed by atoms with van der Waals surface area (Å²) in [5.41, 5.74) is 0. The van der Waals surface area contributed by atoms with Crippen LogP contribution in [0, 0.1) is 0 Å². The number of amides is 2. The van der Waals surface area contributed by atoms with Crippen molar-refractivity contribution in [3.8, 4) is 0 Å². The molecule has 19 heavy (non-hydrogen) atoms. The Hall–Kier alpha value is -0.660. The van der Waals surface area contributed by atoms with E-state index in [0.717, 1.165) is 11.8 Å². The molecule has 0 unspecified atom stereocenters. The highest BCUT2D eigenvalue weighted by Crippen LogP contribution is 1.99. The van der Waals surface area contributed by atoms with Gasteiger partial charge in [-0.3, -0.25) is 5.32 Å². The molecule has 0 aliphatic carbocycles. The Kier molecular flexibility index (Phi) is 11.9. The van der Waals surface area contributed by atoms with Gasteiger partial charge in [0.2, 0.25) is 0 Å². The van der Waals surface area contributed by atoms with Crippen molar-refractivity contribution >= 4 is 52.3 Å². The van der Waals surface area contributed by atoms with Gasteiger partial charge in [0, 0.05) is 11.8 Å². The minimum atomic E-state index is -0.782. The Morgan fingerprint density at radius 1 is 1.16 bits per heavy atom. The predicted octanol–water partition coefficient (Wildman–Crippen LogP) is 2.83. The lowest BCUT2D eigenvalue weighted by Crippen LogP contribution is -2.30. The molecule has 2 amide bonds. The van der Waals surface area contributed by atoms with Crippen LogP contribution in [0.5, 0.6) is 0 Å². The number of hydrogen-bond acceptors (Lipinski definition) is 5. The molecular weight excluding hydrogens is 315 g/mol. The zero-order valence-corrected chi connectivity index (χ0v) is 12.8. The Labute approximate surface area is 126 Å². The molecule has 110 valence electrons. The van der Waals surface area contributed by atoms with Crippen LogP contribution < -0.4 is 5.32 Å². The van der Waals surface area contributed by atoms with E-state index in [-0.39, 0.29) is 18.4 Å². The van der Waals surface area contributed by atoms with E-state index in [0.29, 0.717) is 24.6 Å². The topological polar surface area (TPSA) is 77.0 Å². The summed E-state index contributed by atoms with van der Waals surface area (Å²) in [5, 5.41) is 2.43. The molecular formula is C10H16Cl2N2O4S. The van der Waals surface area contributed by atoms with Crippen molar-refractivity contribution in [1.82, 2.24) is 5.32 Å². The third-order valence-electron chi connectivity index (χ3n) is 1.61. The molecule has 1 N–H and O–H groups in total. The Morgan fingerprint density at radius 3 is 2.26 bits per heavy atom. The average Bonchev–Trinajstić information content (AvgIpc) is 2.38. The van der Waals surface area contributed by atoms with Crippen molar-refractivity contribution in [1.29, 1.82) is 0 Å². The lowest BCUT2D eigenvalue weighted by molar-refractivity contribution is 0.152. The van der Waals surface area contributed by atoms with Gasteiger partial charge < -0.3 is 9.47 Å². The Morgan fingerprint density at radius 2 is 1.74 bits per heavy atom. The van der Waals surface area contributed by atoms with Crippen molar-refractivity contribution in [2.45, 2.75) is 12.8 Å². The number of alkyl halides is 2. The van der Waals surface area contributed by atoms with Crippen LogP contribution in [0.15, 0.2) is 4.99 Å². The van der Waals surface area contributed by atoms with Gasteiger partial charge in [0.25, 0.3) is 0 Å². The maximum Gasteiger partial charge on any atom is 0.436 e. The fourth-order valence-corrected chi connectivity index (χ4v) is 1.37. The van der Waals surface area contributed by atoms with E-state index in [1.54, 1.807) is 6.26 Å². The second-order valence-electron chi connectivity index (χ2n) is 3.08. The van der Waals surface area contributed by atoms with Crippen LogP contribution in [0.4, 0.5) is 9.59 Å². The summed E-state index contributed by atoms with van der Waals surface area (Å²) in [7, 11) is 0. The van der Waals surface area contributed by atoms with Crippen LogP contribution in [-0.4, -0.2) is 48.6 Å². The maximum absolute atomic E-state index is 11.3. The number of halogens is 2. The normalized spacial score (nSPS) is 11.0. The first kappa shape index (κ1) is 18.3. The van der Waals surface area contributed by atoms with Crippen LogP contribution in [0.2, 0.25) is 0 Å². The standard InChI is InChI=1S/C10H16Cl2N2O4S/c1-19-8(13-9(15)17-6-2-4-11)14-10(16)18-7-3-5-12/h2-7H2,1H3,(H,13,14,15,16). The molecule has 0 aliphatic heterocycles.